The normalized spacial score (nSPS) is 15.2. The maximum atomic E-state index is 12.7. The van der Waals surface area contributed by atoms with Gasteiger partial charge in [-0.05, 0) is 51.4 Å². The van der Waals surface area contributed by atoms with Crippen molar-refractivity contribution >= 4 is 13.7 Å². The van der Waals surface area contributed by atoms with Crippen LogP contribution < -0.4 is 5.32 Å². The van der Waals surface area contributed by atoms with Crippen LogP contribution in [0.5, 0.6) is 0 Å². The van der Waals surface area contributed by atoms with Gasteiger partial charge in [-0.1, -0.05) is 121 Å². The van der Waals surface area contributed by atoms with Gasteiger partial charge in [0, 0.05) is 6.42 Å². The number of carbonyl (C=O) groups is 1. The number of hydrogen-bond donors (Lipinski definition) is 3. The fraction of sp³-hybridized carbons (Fsp3) is 0.811. The van der Waals surface area contributed by atoms with Crippen LogP contribution >= 0.6 is 7.82 Å². The second-order valence-corrected chi connectivity index (χ2v) is 15.0. The Hall–Kier alpha value is -1.28. The number of nitrogens with one attached hydrogen (secondary N) is 1. The van der Waals surface area contributed by atoms with Gasteiger partial charge in [-0.3, -0.25) is 13.8 Å². The number of allylic oxidation sites excluding steroid dienone is 5. The van der Waals surface area contributed by atoms with Gasteiger partial charge in [0.25, 0.3) is 0 Å². The van der Waals surface area contributed by atoms with Gasteiger partial charge in [-0.15, -0.1) is 0 Å². The Labute approximate surface area is 283 Å². The van der Waals surface area contributed by atoms with Crippen LogP contribution in [-0.2, 0) is 18.4 Å². The van der Waals surface area contributed by atoms with Crippen molar-refractivity contribution in [1.82, 2.24) is 5.32 Å². The number of quaternary nitrogens is 1. The molecule has 0 saturated heterocycles. The molecule has 270 valence electrons. The van der Waals surface area contributed by atoms with E-state index in [-0.39, 0.29) is 19.1 Å². The van der Waals surface area contributed by atoms with Crippen LogP contribution in [0.1, 0.15) is 142 Å². The minimum Gasteiger partial charge on any atom is -0.387 e. The summed E-state index contributed by atoms with van der Waals surface area (Å²) in [6.07, 6.45) is 33.7. The summed E-state index contributed by atoms with van der Waals surface area (Å²) in [7, 11) is 1.54. The van der Waals surface area contributed by atoms with Crippen LogP contribution in [0, 0.1) is 0 Å². The Morgan fingerprint density at radius 2 is 1.22 bits per heavy atom. The van der Waals surface area contributed by atoms with Crippen LogP contribution in [0.3, 0.4) is 0 Å². The van der Waals surface area contributed by atoms with Gasteiger partial charge in [0.2, 0.25) is 5.91 Å². The molecule has 9 heteroatoms. The van der Waals surface area contributed by atoms with E-state index in [0.717, 1.165) is 51.4 Å². The maximum Gasteiger partial charge on any atom is 0.472 e. The zero-order valence-electron chi connectivity index (χ0n) is 30.3. The van der Waals surface area contributed by atoms with Crippen molar-refractivity contribution in [3.63, 3.8) is 0 Å². The van der Waals surface area contributed by atoms with Crippen molar-refractivity contribution < 1.29 is 32.9 Å². The summed E-state index contributed by atoms with van der Waals surface area (Å²) in [4.78, 5) is 22.9. The first-order valence-electron chi connectivity index (χ1n) is 18.4. The number of hydrogen-bond acceptors (Lipinski definition) is 5. The average molecular weight is 672 g/mol. The largest absolute Gasteiger partial charge is 0.472 e. The Balaban J connectivity index is 4.49. The smallest absolute Gasteiger partial charge is 0.387 e. The van der Waals surface area contributed by atoms with Gasteiger partial charge in [-0.25, -0.2) is 4.57 Å². The molecule has 3 unspecified atom stereocenters. The molecule has 0 radical (unpaired) electrons. The molecule has 0 bridgehead atoms. The lowest BCUT2D eigenvalue weighted by Crippen LogP contribution is -2.45. The minimum atomic E-state index is -4.33. The van der Waals surface area contributed by atoms with Crippen molar-refractivity contribution in [2.45, 2.75) is 154 Å². The van der Waals surface area contributed by atoms with E-state index in [1.54, 1.807) is 6.08 Å². The van der Waals surface area contributed by atoms with E-state index >= 15 is 0 Å². The average Bonchev–Trinajstić information content (AvgIpc) is 2.99. The lowest BCUT2D eigenvalue weighted by atomic mass is 10.1. The van der Waals surface area contributed by atoms with Crippen molar-refractivity contribution in [2.75, 3.05) is 40.9 Å². The number of amides is 1. The molecule has 3 N–H and O–H groups in total. The van der Waals surface area contributed by atoms with Crippen LogP contribution in [0.2, 0.25) is 0 Å². The Morgan fingerprint density at radius 3 is 1.80 bits per heavy atom. The SMILES string of the molecule is CCCC/C=C/CC/C=C/C(O)C(COP(=O)(O)OCC[N+](C)(C)C)NC(=O)CCCCCCC/C=C\CCCCCCCCC. The van der Waals surface area contributed by atoms with E-state index in [1.807, 2.05) is 27.2 Å². The molecule has 0 fully saturated rings. The Kier molecular flexibility index (Phi) is 29.0. The third-order valence-corrected chi connectivity index (χ3v) is 8.82. The van der Waals surface area contributed by atoms with E-state index in [2.05, 4.69) is 43.5 Å². The predicted octanol–water partition coefficient (Wildman–Crippen LogP) is 9.18. The molecule has 0 aromatic carbocycles. The third kappa shape index (κ3) is 31.3. The summed E-state index contributed by atoms with van der Waals surface area (Å²) in [5.74, 6) is -0.202. The molecule has 0 aliphatic rings. The van der Waals surface area contributed by atoms with E-state index in [4.69, 9.17) is 9.05 Å². The maximum absolute atomic E-state index is 12.7. The molecular weight excluding hydrogens is 599 g/mol. The fourth-order valence-electron chi connectivity index (χ4n) is 4.80. The van der Waals surface area contributed by atoms with Gasteiger partial charge in [0.15, 0.2) is 0 Å². The van der Waals surface area contributed by atoms with Crippen molar-refractivity contribution in [2.24, 2.45) is 0 Å². The molecule has 8 nitrogen and oxygen atoms in total. The molecule has 0 rings (SSSR count). The molecule has 0 heterocycles. The number of unbranched alkanes of at least 4 members (excludes halogenated alkanes) is 15. The van der Waals surface area contributed by atoms with E-state index in [0.29, 0.717) is 17.4 Å². The molecule has 0 aliphatic carbocycles. The second-order valence-electron chi connectivity index (χ2n) is 13.6. The summed E-state index contributed by atoms with van der Waals surface area (Å²) >= 11 is 0. The summed E-state index contributed by atoms with van der Waals surface area (Å²) in [5.41, 5.74) is 0. The topological polar surface area (TPSA) is 105 Å². The number of aliphatic hydroxyl groups excluding tert-OH is 1. The summed E-state index contributed by atoms with van der Waals surface area (Å²) in [5, 5.41) is 13.6. The lowest BCUT2D eigenvalue weighted by molar-refractivity contribution is -0.870. The second kappa shape index (κ2) is 29.8. The minimum absolute atomic E-state index is 0.0536. The molecule has 0 spiro atoms. The van der Waals surface area contributed by atoms with Crippen molar-refractivity contribution in [3.8, 4) is 0 Å². The molecule has 0 aromatic rings. The van der Waals surface area contributed by atoms with Crippen molar-refractivity contribution in [1.29, 1.82) is 0 Å². The molecule has 46 heavy (non-hydrogen) atoms. The zero-order chi connectivity index (χ0) is 34.4. The van der Waals surface area contributed by atoms with E-state index in [9.17, 15) is 19.4 Å². The molecule has 0 saturated carbocycles. The van der Waals surface area contributed by atoms with Crippen LogP contribution in [0.15, 0.2) is 36.5 Å². The Morgan fingerprint density at radius 1 is 0.717 bits per heavy atom. The number of phosphoric acid groups is 1. The number of nitrogens with zero attached hydrogens (tertiary/aromatic N) is 1. The number of aliphatic hydroxyl groups is 1. The number of rotatable bonds is 32. The monoisotopic (exact) mass is 672 g/mol. The predicted molar refractivity (Wildman–Crippen MR) is 194 cm³/mol. The number of carbonyl (C=O) groups excluding carboxylic acids is 1. The standard InChI is InChI=1S/C37H71N2O6P/c1-6-8-10-12-14-16-17-18-19-20-21-22-23-25-27-29-31-37(41)38-35(34-45-46(42,43)44-33-32-39(3,4)5)36(40)30-28-26-24-15-13-11-9-7-2/h13,15,19-20,28,30,35-36,40H,6-12,14,16-18,21-27,29,31-34H2,1-5H3,(H-,38,41,42,43)/p+1/b15-13+,20-19-,30-28+. The molecule has 0 aromatic heterocycles. The highest BCUT2D eigenvalue weighted by molar-refractivity contribution is 7.47. The molecule has 1 amide bonds. The van der Waals surface area contributed by atoms with Crippen molar-refractivity contribution in [3.05, 3.63) is 36.5 Å². The van der Waals surface area contributed by atoms with Gasteiger partial charge >= 0.3 is 7.82 Å². The van der Waals surface area contributed by atoms with Crippen LogP contribution in [0.25, 0.3) is 0 Å². The lowest BCUT2D eigenvalue weighted by Gasteiger charge is -2.25. The fourth-order valence-corrected chi connectivity index (χ4v) is 5.54. The van der Waals surface area contributed by atoms with Gasteiger partial charge in [0.1, 0.15) is 13.2 Å². The highest BCUT2D eigenvalue weighted by Gasteiger charge is 2.27. The van der Waals surface area contributed by atoms with Crippen LogP contribution in [-0.4, -0.2) is 73.4 Å². The number of phosphoric ester groups is 1. The highest BCUT2D eigenvalue weighted by atomic mass is 31.2. The van der Waals surface area contributed by atoms with Gasteiger partial charge in [0.05, 0.1) is 39.9 Å². The van der Waals surface area contributed by atoms with Gasteiger partial charge < -0.3 is 19.8 Å². The molecule has 0 aliphatic heterocycles. The Bertz CT molecular complexity index is 855. The molecule has 3 atom stereocenters. The molecular formula is C37H72N2O6P+. The summed E-state index contributed by atoms with van der Waals surface area (Å²) in [6.45, 7) is 4.68. The number of likely N-dealkylation sites (N-methyl/N-ethyl adjacent to an activating group) is 1. The summed E-state index contributed by atoms with van der Waals surface area (Å²) < 4.78 is 23.3. The summed E-state index contributed by atoms with van der Waals surface area (Å²) in [6, 6.07) is -0.862. The first kappa shape index (κ1) is 44.7. The van der Waals surface area contributed by atoms with Gasteiger partial charge in [-0.2, -0.15) is 0 Å². The van der Waals surface area contributed by atoms with E-state index < -0.39 is 20.0 Å². The van der Waals surface area contributed by atoms with E-state index in [1.165, 1.54) is 70.6 Å². The zero-order valence-corrected chi connectivity index (χ0v) is 31.2. The highest BCUT2D eigenvalue weighted by Crippen LogP contribution is 2.43. The quantitative estimate of drug-likeness (QED) is 0.0285. The first-order chi connectivity index (χ1) is 22.0. The first-order valence-corrected chi connectivity index (χ1v) is 19.9. The third-order valence-electron chi connectivity index (χ3n) is 7.83. The van der Waals surface area contributed by atoms with Crippen LogP contribution in [0.4, 0.5) is 0 Å².